The molecule has 1 aromatic heterocycles. The third-order valence-corrected chi connectivity index (χ3v) is 2.84. The fourth-order valence-corrected chi connectivity index (χ4v) is 1.82. The average Bonchev–Trinajstić information content (AvgIpc) is 2.78. The predicted octanol–water partition coefficient (Wildman–Crippen LogP) is 1.27. The standard InChI is InChI=1S/C13H16N4O3/c1-17-12(9(14)7-15-17)13(18)16-10-5-4-8(19-2)6-11(10)20-3/h4-7H,14H2,1-3H3,(H,16,18). The molecule has 1 heterocycles. The number of aryl methyl sites for hydroxylation is 1. The molecule has 7 nitrogen and oxygen atoms in total. The van der Waals surface area contributed by atoms with E-state index in [4.69, 9.17) is 15.2 Å². The smallest absolute Gasteiger partial charge is 0.276 e. The Bertz CT molecular complexity index is 617. The van der Waals surface area contributed by atoms with Gasteiger partial charge in [-0.2, -0.15) is 5.10 Å². The number of carbonyl (C=O) groups is 1. The van der Waals surface area contributed by atoms with Gasteiger partial charge in [-0.25, -0.2) is 0 Å². The first kappa shape index (κ1) is 13.7. The van der Waals surface area contributed by atoms with Crippen LogP contribution in [0.4, 0.5) is 11.4 Å². The summed E-state index contributed by atoms with van der Waals surface area (Å²) < 4.78 is 11.7. The minimum absolute atomic E-state index is 0.294. The number of nitrogens with two attached hydrogens (primary N) is 1. The lowest BCUT2D eigenvalue weighted by Crippen LogP contribution is -2.18. The highest BCUT2D eigenvalue weighted by Crippen LogP contribution is 2.29. The van der Waals surface area contributed by atoms with E-state index >= 15 is 0 Å². The van der Waals surface area contributed by atoms with Gasteiger partial charge in [0.1, 0.15) is 17.2 Å². The van der Waals surface area contributed by atoms with Crippen LogP contribution in [0.25, 0.3) is 0 Å². The molecule has 3 N–H and O–H groups in total. The van der Waals surface area contributed by atoms with Crippen LogP contribution in [0.2, 0.25) is 0 Å². The molecule has 0 fully saturated rings. The summed E-state index contributed by atoms with van der Waals surface area (Å²) in [6, 6.07) is 5.11. The van der Waals surface area contributed by atoms with Crippen molar-refractivity contribution >= 4 is 17.3 Å². The maximum absolute atomic E-state index is 12.2. The zero-order valence-corrected chi connectivity index (χ0v) is 11.5. The van der Waals surface area contributed by atoms with Crippen molar-refractivity contribution < 1.29 is 14.3 Å². The maximum atomic E-state index is 12.2. The van der Waals surface area contributed by atoms with Crippen LogP contribution in [-0.2, 0) is 7.05 Å². The zero-order chi connectivity index (χ0) is 14.7. The highest BCUT2D eigenvalue weighted by atomic mass is 16.5. The number of aromatic nitrogens is 2. The van der Waals surface area contributed by atoms with Crippen molar-refractivity contribution in [3.05, 3.63) is 30.1 Å². The molecule has 0 unspecified atom stereocenters. The van der Waals surface area contributed by atoms with E-state index in [1.807, 2.05) is 0 Å². The molecular weight excluding hydrogens is 260 g/mol. The predicted molar refractivity (Wildman–Crippen MR) is 75.1 cm³/mol. The molecule has 0 bridgehead atoms. The van der Waals surface area contributed by atoms with E-state index in [0.717, 1.165) is 0 Å². The van der Waals surface area contributed by atoms with Crippen LogP contribution in [0.3, 0.4) is 0 Å². The third kappa shape index (κ3) is 2.51. The lowest BCUT2D eigenvalue weighted by Gasteiger charge is -2.12. The number of benzene rings is 1. The third-order valence-electron chi connectivity index (χ3n) is 2.84. The molecule has 106 valence electrons. The van der Waals surface area contributed by atoms with E-state index in [-0.39, 0.29) is 5.91 Å². The Balaban J connectivity index is 2.28. The van der Waals surface area contributed by atoms with Crippen LogP contribution >= 0.6 is 0 Å². The van der Waals surface area contributed by atoms with E-state index < -0.39 is 0 Å². The van der Waals surface area contributed by atoms with Crippen LogP contribution < -0.4 is 20.5 Å². The number of anilines is 2. The topological polar surface area (TPSA) is 91.4 Å². The molecule has 0 saturated carbocycles. The van der Waals surface area contributed by atoms with Crippen molar-refractivity contribution in [1.82, 2.24) is 9.78 Å². The Kier molecular flexibility index (Phi) is 3.79. The fourth-order valence-electron chi connectivity index (χ4n) is 1.82. The van der Waals surface area contributed by atoms with Gasteiger partial charge in [0.15, 0.2) is 0 Å². The van der Waals surface area contributed by atoms with Crippen molar-refractivity contribution in [2.24, 2.45) is 7.05 Å². The molecule has 0 aliphatic carbocycles. The van der Waals surface area contributed by atoms with Crippen LogP contribution in [-0.4, -0.2) is 29.9 Å². The molecule has 1 amide bonds. The molecule has 2 rings (SSSR count). The van der Waals surface area contributed by atoms with Crippen LogP contribution in [0.1, 0.15) is 10.5 Å². The summed E-state index contributed by atoms with van der Waals surface area (Å²) in [4.78, 5) is 12.2. The number of nitrogen functional groups attached to an aromatic ring is 1. The number of hydrogen-bond acceptors (Lipinski definition) is 5. The highest BCUT2D eigenvalue weighted by molar-refractivity contribution is 6.07. The molecule has 0 saturated heterocycles. The Morgan fingerprint density at radius 1 is 1.35 bits per heavy atom. The van der Waals surface area contributed by atoms with Gasteiger partial charge in [-0.15, -0.1) is 0 Å². The minimum Gasteiger partial charge on any atom is -0.497 e. The zero-order valence-electron chi connectivity index (χ0n) is 11.5. The second-order valence-corrected chi connectivity index (χ2v) is 4.09. The first-order valence-corrected chi connectivity index (χ1v) is 5.87. The number of ether oxygens (including phenoxy) is 2. The molecule has 0 aliphatic rings. The van der Waals surface area contributed by atoms with E-state index in [9.17, 15) is 4.79 Å². The largest absolute Gasteiger partial charge is 0.497 e. The molecule has 0 aliphatic heterocycles. The second kappa shape index (κ2) is 5.52. The first-order chi connectivity index (χ1) is 9.56. The number of methoxy groups -OCH3 is 2. The summed E-state index contributed by atoms with van der Waals surface area (Å²) in [7, 11) is 4.72. The summed E-state index contributed by atoms with van der Waals surface area (Å²) in [5, 5.41) is 6.66. The quantitative estimate of drug-likeness (QED) is 0.877. The van der Waals surface area contributed by atoms with Gasteiger partial charge >= 0.3 is 0 Å². The fraction of sp³-hybridized carbons (Fsp3) is 0.231. The van der Waals surface area contributed by atoms with Gasteiger partial charge in [-0.05, 0) is 12.1 Å². The minimum atomic E-state index is -0.356. The first-order valence-electron chi connectivity index (χ1n) is 5.87. The summed E-state index contributed by atoms with van der Waals surface area (Å²) in [5.74, 6) is 0.782. The van der Waals surface area contributed by atoms with Crippen molar-refractivity contribution in [2.75, 3.05) is 25.3 Å². The number of nitrogens with one attached hydrogen (secondary N) is 1. The van der Waals surface area contributed by atoms with Gasteiger partial charge in [0, 0.05) is 13.1 Å². The Labute approximate surface area is 116 Å². The lowest BCUT2D eigenvalue weighted by atomic mass is 10.2. The Morgan fingerprint density at radius 3 is 2.65 bits per heavy atom. The van der Waals surface area contributed by atoms with Gasteiger partial charge in [-0.1, -0.05) is 0 Å². The summed E-state index contributed by atoms with van der Waals surface area (Å²) in [6.07, 6.45) is 1.43. The van der Waals surface area contributed by atoms with Gasteiger partial charge in [0.25, 0.3) is 5.91 Å². The summed E-state index contributed by atoms with van der Waals surface area (Å²) in [6.45, 7) is 0. The number of nitrogens with zero attached hydrogens (tertiary/aromatic N) is 2. The molecule has 0 radical (unpaired) electrons. The van der Waals surface area contributed by atoms with Crippen molar-refractivity contribution in [3.63, 3.8) is 0 Å². The highest BCUT2D eigenvalue weighted by Gasteiger charge is 2.17. The molecule has 2 aromatic rings. The lowest BCUT2D eigenvalue weighted by molar-refractivity contribution is 0.101. The second-order valence-electron chi connectivity index (χ2n) is 4.09. The van der Waals surface area contributed by atoms with Gasteiger partial charge in [0.05, 0.1) is 31.8 Å². The van der Waals surface area contributed by atoms with Crippen molar-refractivity contribution in [1.29, 1.82) is 0 Å². The molecule has 7 heteroatoms. The Morgan fingerprint density at radius 2 is 2.10 bits per heavy atom. The number of rotatable bonds is 4. The number of carbonyl (C=O) groups excluding carboxylic acids is 1. The van der Waals surface area contributed by atoms with E-state index in [0.29, 0.717) is 28.6 Å². The van der Waals surface area contributed by atoms with Crippen molar-refractivity contribution in [2.45, 2.75) is 0 Å². The summed E-state index contributed by atoms with van der Waals surface area (Å²) in [5.41, 5.74) is 6.85. The molecular formula is C13H16N4O3. The number of hydrogen-bond donors (Lipinski definition) is 2. The van der Waals surface area contributed by atoms with E-state index in [2.05, 4.69) is 10.4 Å². The molecule has 20 heavy (non-hydrogen) atoms. The van der Waals surface area contributed by atoms with Crippen LogP contribution in [0.5, 0.6) is 11.5 Å². The van der Waals surface area contributed by atoms with Gasteiger partial charge in [0.2, 0.25) is 0 Å². The molecule has 1 aromatic carbocycles. The van der Waals surface area contributed by atoms with E-state index in [1.165, 1.54) is 18.0 Å². The summed E-state index contributed by atoms with van der Waals surface area (Å²) >= 11 is 0. The molecule has 0 atom stereocenters. The maximum Gasteiger partial charge on any atom is 0.276 e. The normalized spacial score (nSPS) is 10.2. The van der Waals surface area contributed by atoms with Crippen molar-refractivity contribution in [3.8, 4) is 11.5 Å². The van der Waals surface area contributed by atoms with Gasteiger partial charge < -0.3 is 20.5 Å². The van der Waals surface area contributed by atoms with Crippen LogP contribution in [0, 0.1) is 0 Å². The molecule has 0 spiro atoms. The number of amides is 1. The SMILES string of the molecule is COc1ccc(NC(=O)c2c(N)cnn2C)c(OC)c1. The Hall–Kier alpha value is -2.70. The monoisotopic (exact) mass is 276 g/mol. The van der Waals surface area contributed by atoms with Gasteiger partial charge in [-0.3, -0.25) is 9.48 Å². The van der Waals surface area contributed by atoms with E-state index in [1.54, 1.807) is 32.4 Å². The van der Waals surface area contributed by atoms with Crippen LogP contribution in [0.15, 0.2) is 24.4 Å². The average molecular weight is 276 g/mol.